The number of amides is 1. The van der Waals surface area contributed by atoms with Crippen LogP contribution in [0.25, 0.3) is 5.69 Å². The lowest BCUT2D eigenvalue weighted by molar-refractivity contribution is -0.117. The molecule has 1 unspecified atom stereocenters. The molecule has 3 nitrogen and oxygen atoms in total. The van der Waals surface area contributed by atoms with Gasteiger partial charge in [0.15, 0.2) is 0 Å². The van der Waals surface area contributed by atoms with Crippen molar-refractivity contribution < 1.29 is 4.79 Å². The topological polar surface area (TPSA) is 34.0 Å². The summed E-state index contributed by atoms with van der Waals surface area (Å²) in [6.45, 7) is 0. The Labute approximate surface area is 139 Å². The first-order valence-corrected chi connectivity index (χ1v) is 7.92. The third kappa shape index (κ3) is 2.53. The maximum absolute atomic E-state index is 12.3. The Bertz CT molecular complexity index is 867. The van der Waals surface area contributed by atoms with Crippen molar-refractivity contribution in [2.24, 2.45) is 0 Å². The molecule has 1 aliphatic rings. The number of halogens is 1. The van der Waals surface area contributed by atoms with Gasteiger partial charge in [-0.05, 0) is 48.0 Å². The van der Waals surface area contributed by atoms with E-state index in [2.05, 4.69) is 16.0 Å². The number of rotatable bonds is 3. The van der Waals surface area contributed by atoms with Gasteiger partial charge >= 0.3 is 0 Å². The second-order valence-electron chi connectivity index (χ2n) is 5.68. The van der Waals surface area contributed by atoms with E-state index >= 15 is 0 Å². The fourth-order valence-electron chi connectivity index (χ4n) is 3.12. The molecule has 1 aliphatic heterocycles. The molecule has 0 saturated carbocycles. The summed E-state index contributed by atoms with van der Waals surface area (Å²) in [5.41, 5.74) is 4.14. The number of aromatic nitrogens is 1. The zero-order valence-electron chi connectivity index (χ0n) is 12.4. The van der Waals surface area contributed by atoms with Crippen LogP contribution in [0.15, 0.2) is 66.9 Å². The minimum atomic E-state index is -0.146. The molecular formula is C19H15ClN2O. The van der Waals surface area contributed by atoms with E-state index in [9.17, 15) is 4.79 Å². The lowest BCUT2D eigenvalue weighted by atomic mass is 9.95. The maximum atomic E-state index is 12.3. The Hall–Kier alpha value is -2.52. The number of nitrogens with zero attached hydrogens (tertiary/aromatic N) is 1. The van der Waals surface area contributed by atoms with Crippen LogP contribution < -0.4 is 5.32 Å². The molecule has 0 aliphatic carbocycles. The number of hydrogen-bond acceptors (Lipinski definition) is 1. The first-order chi connectivity index (χ1) is 11.2. The van der Waals surface area contributed by atoms with Crippen LogP contribution in [0.2, 0.25) is 5.02 Å². The Kier molecular flexibility index (Phi) is 3.43. The molecule has 1 N–H and O–H groups in total. The van der Waals surface area contributed by atoms with Gasteiger partial charge in [-0.2, -0.15) is 0 Å². The molecule has 1 atom stereocenters. The molecule has 114 valence electrons. The van der Waals surface area contributed by atoms with Gasteiger partial charge < -0.3 is 9.88 Å². The Morgan fingerprint density at radius 1 is 1.00 bits per heavy atom. The van der Waals surface area contributed by atoms with Crippen molar-refractivity contribution in [2.45, 2.75) is 12.3 Å². The van der Waals surface area contributed by atoms with Crippen molar-refractivity contribution in [3.05, 3.63) is 83.1 Å². The number of para-hydroxylation sites is 1. The molecule has 3 aromatic rings. The molecular weight excluding hydrogens is 308 g/mol. The minimum Gasteiger partial charge on any atom is -0.325 e. The molecule has 0 bridgehead atoms. The minimum absolute atomic E-state index is 0.0649. The van der Waals surface area contributed by atoms with Crippen LogP contribution >= 0.6 is 11.6 Å². The van der Waals surface area contributed by atoms with Crippen LogP contribution in [-0.4, -0.2) is 10.5 Å². The lowest BCUT2D eigenvalue weighted by Gasteiger charge is -2.13. The van der Waals surface area contributed by atoms with Gasteiger partial charge in [-0.1, -0.05) is 29.8 Å². The quantitative estimate of drug-likeness (QED) is 0.761. The van der Waals surface area contributed by atoms with Gasteiger partial charge in [-0.3, -0.25) is 4.79 Å². The van der Waals surface area contributed by atoms with E-state index in [0.717, 1.165) is 22.6 Å². The van der Waals surface area contributed by atoms with E-state index in [1.54, 1.807) is 0 Å². The summed E-state index contributed by atoms with van der Waals surface area (Å²) in [5, 5.41) is 3.68. The Morgan fingerprint density at radius 3 is 2.61 bits per heavy atom. The summed E-state index contributed by atoms with van der Waals surface area (Å²) in [5.74, 6) is -0.0813. The standard InChI is InChI=1S/C19H15ClN2O/c20-13-7-9-14(10-8-13)22-11-3-4-15(22)12-17-16-5-1-2-6-18(16)21-19(17)23/h1-11,17H,12H2,(H,21,23). The highest BCUT2D eigenvalue weighted by Crippen LogP contribution is 2.34. The van der Waals surface area contributed by atoms with Gasteiger partial charge in [0.25, 0.3) is 0 Å². The molecule has 2 aromatic carbocycles. The van der Waals surface area contributed by atoms with Crippen molar-refractivity contribution >= 4 is 23.2 Å². The summed E-state index contributed by atoms with van der Waals surface area (Å²) >= 11 is 5.96. The molecule has 4 rings (SSSR count). The summed E-state index contributed by atoms with van der Waals surface area (Å²) < 4.78 is 2.10. The third-order valence-corrected chi connectivity index (χ3v) is 4.51. The van der Waals surface area contributed by atoms with Gasteiger partial charge in [0.1, 0.15) is 0 Å². The van der Waals surface area contributed by atoms with Gasteiger partial charge in [-0.15, -0.1) is 0 Å². The average molecular weight is 323 g/mol. The van der Waals surface area contributed by atoms with Crippen LogP contribution in [0.4, 0.5) is 5.69 Å². The van der Waals surface area contributed by atoms with Crippen molar-refractivity contribution in [1.82, 2.24) is 4.57 Å². The van der Waals surface area contributed by atoms with E-state index in [1.807, 2.05) is 60.8 Å². The van der Waals surface area contributed by atoms with E-state index < -0.39 is 0 Å². The van der Waals surface area contributed by atoms with Gasteiger partial charge in [-0.25, -0.2) is 0 Å². The van der Waals surface area contributed by atoms with E-state index in [0.29, 0.717) is 11.4 Å². The van der Waals surface area contributed by atoms with Crippen LogP contribution in [0.3, 0.4) is 0 Å². The molecule has 1 amide bonds. The number of carbonyl (C=O) groups is 1. The van der Waals surface area contributed by atoms with E-state index in [1.165, 1.54) is 0 Å². The average Bonchev–Trinajstić information content (AvgIpc) is 3.14. The largest absolute Gasteiger partial charge is 0.325 e. The van der Waals surface area contributed by atoms with E-state index in [-0.39, 0.29) is 11.8 Å². The Morgan fingerprint density at radius 2 is 1.78 bits per heavy atom. The number of nitrogens with one attached hydrogen (secondary N) is 1. The number of carbonyl (C=O) groups excluding carboxylic acids is 1. The van der Waals surface area contributed by atoms with Gasteiger partial charge in [0.05, 0.1) is 5.92 Å². The Balaban J connectivity index is 1.67. The maximum Gasteiger partial charge on any atom is 0.232 e. The molecule has 0 fully saturated rings. The lowest BCUT2D eigenvalue weighted by Crippen LogP contribution is -2.15. The molecule has 0 saturated heterocycles. The first-order valence-electron chi connectivity index (χ1n) is 7.54. The zero-order chi connectivity index (χ0) is 15.8. The number of benzene rings is 2. The summed E-state index contributed by atoms with van der Waals surface area (Å²) in [7, 11) is 0. The normalized spacial score (nSPS) is 16.2. The number of hydrogen-bond donors (Lipinski definition) is 1. The van der Waals surface area contributed by atoms with Crippen LogP contribution in [0.1, 0.15) is 17.2 Å². The predicted octanol–water partition coefficient (Wildman–Crippen LogP) is 4.41. The smallest absolute Gasteiger partial charge is 0.232 e. The fourth-order valence-corrected chi connectivity index (χ4v) is 3.25. The monoisotopic (exact) mass is 322 g/mol. The number of fused-ring (bicyclic) bond motifs is 1. The van der Waals surface area contributed by atoms with Crippen LogP contribution in [-0.2, 0) is 11.2 Å². The highest BCUT2D eigenvalue weighted by Gasteiger charge is 2.30. The molecule has 2 heterocycles. The van der Waals surface area contributed by atoms with Gasteiger partial charge in [0, 0.05) is 34.7 Å². The van der Waals surface area contributed by atoms with Gasteiger partial charge in [0.2, 0.25) is 5.91 Å². The third-order valence-electron chi connectivity index (χ3n) is 4.26. The van der Waals surface area contributed by atoms with E-state index in [4.69, 9.17) is 11.6 Å². The SMILES string of the molecule is O=C1Nc2ccccc2C1Cc1cccn1-c1ccc(Cl)cc1. The molecule has 1 aromatic heterocycles. The van der Waals surface area contributed by atoms with Crippen molar-refractivity contribution in [2.75, 3.05) is 5.32 Å². The molecule has 0 spiro atoms. The van der Waals surface area contributed by atoms with Crippen LogP contribution in [0.5, 0.6) is 0 Å². The van der Waals surface area contributed by atoms with Crippen LogP contribution in [0, 0.1) is 0 Å². The first kappa shape index (κ1) is 14.1. The van der Waals surface area contributed by atoms with Crippen molar-refractivity contribution in [3.63, 3.8) is 0 Å². The second kappa shape index (κ2) is 5.60. The number of anilines is 1. The zero-order valence-corrected chi connectivity index (χ0v) is 13.1. The highest BCUT2D eigenvalue weighted by atomic mass is 35.5. The molecule has 23 heavy (non-hydrogen) atoms. The van der Waals surface area contributed by atoms with Crippen molar-refractivity contribution in [1.29, 1.82) is 0 Å². The summed E-state index contributed by atoms with van der Waals surface area (Å²) in [6, 6.07) is 19.7. The molecule has 0 radical (unpaired) electrons. The second-order valence-corrected chi connectivity index (χ2v) is 6.12. The fraction of sp³-hybridized carbons (Fsp3) is 0.105. The summed E-state index contributed by atoms with van der Waals surface area (Å²) in [6.07, 6.45) is 2.68. The highest BCUT2D eigenvalue weighted by molar-refractivity contribution is 6.30. The summed E-state index contributed by atoms with van der Waals surface area (Å²) in [4.78, 5) is 12.3. The molecule has 4 heteroatoms. The predicted molar refractivity (Wildman–Crippen MR) is 92.3 cm³/mol. The van der Waals surface area contributed by atoms with Crippen molar-refractivity contribution in [3.8, 4) is 5.69 Å².